The van der Waals surface area contributed by atoms with Crippen molar-refractivity contribution >= 4 is 22.7 Å². The average molecular weight is 344 g/mol. The first-order chi connectivity index (χ1) is 12.7. The second-order valence-corrected chi connectivity index (χ2v) is 5.69. The minimum absolute atomic E-state index is 0.243. The molecule has 6 nitrogen and oxygen atoms in total. The minimum Gasteiger partial charge on any atom is -0.497 e. The highest BCUT2D eigenvalue weighted by Crippen LogP contribution is 2.26. The molecule has 0 bridgehead atoms. The monoisotopic (exact) mass is 344 g/mol. The van der Waals surface area contributed by atoms with Crippen LogP contribution >= 0.6 is 0 Å². The fraction of sp³-hybridized carbons (Fsp3) is 0.0500. The van der Waals surface area contributed by atoms with E-state index in [0.717, 1.165) is 22.6 Å². The number of aromatic amines is 1. The molecule has 4 aromatic rings. The van der Waals surface area contributed by atoms with Gasteiger partial charge in [-0.3, -0.25) is 9.78 Å². The number of hydrogen-bond acceptors (Lipinski definition) is 5. The average Bonchev–Trinajstić information content (AvgIpc) is 2.68. The molecule has 0 aliphatic carbocycles. The highest BCUT2D eigenvalue weighted by molar-refractivity contribution is 5.92. The van der Waals surface area contributed by atoms with Gasteiger partial charge in [0.15, 0.2) is 5.65 Å². The van der Waals surface area contributed by atoms with Gasteiger partial charge in [-0.2, -0.15) is 4.98 Å². The van der Waals surface area contributed by atoms with Gasteiger partial charge >= 0.3 is 0 Å². The lowest BCUT2D eigenvalue weighted by molar-refractivity contribution is 0.415. The van der Waals surface area contributed by atoms with Gasteiger partial charge in [0.25, 0.3) is 5.56 Å². The molecule has 0 amide bonds. The predicted octanol–water partition coefficient (Wildman–Crippen LogP) is 3.74. The molecule has 0 aliphatic rings. The van der Waals surface area contributed by atoms with Crippen molar-refractivity contribution in [3.8, 4) is 16.9 Å². The molecule has 2 aromatic heterocycles. The van der Waals surface area contributed by atoms with Gasteiger partial charge in [0, 0.05) is 11.9 Å². The Balaban J connectivity index is 1.80. The van der Waals surface area contributed by atoms with Crippen LogP contribution in [-0.2, 0) is 0 Å². The van der Waals surface area contributed by atoms with Gasteiger partial charge in [-0.15, -0.1) is 0 Å². The predicted molar refractivity (Wildman–Crippen MR) is 102 cm³/mol. The first-order valence-corrected chi connectivity index (χ1v) is 8.10. The number of nitrogens with zero attached hydrogens (tertiary/aromatic N) is 2. The molecule has 0 unspecified atom stereocenters. The maximum absolute atomic E-state index is 12.7. The Morgan fingerprint density at radius 2 is 1.77 bits per heavy atom. The summed E-state index contributed by atoms with van der Waals surface area (Å²) in [5.74, 6) is 1.11. The lowest BCUT2D eigenvalue weighted by atomic mass is 10.0. The van der Waals surface area contributed by atoms with Crippen LogP contribution in [0.2, 0.25) is 0 Å². The number of benzene rings is 2. The molecule has 0 spiro atoms. The second-order valence-electron chi connectivity index (χ2n) is 5.69. The Morgan fingerprint density at radius 1 is 1.00 bits per heavy atom. The van der Waals surface area contributed by atoms with Crippen molar-refractivity contribution in [3.05, 3.63) is 77.2 Å². The molecule has 26 heavy (non-hydrogen) atoms. The van der Waals surface area contributed by atoms with E-state index in [0.29, 0.717) is 17.0 Å². The summed E-state index contributed by atoms with van der Waals surface area (Å²) < 4.78 is 5.19. The maximum Gasteiger partial charge on any atom is 0.262 e. The number of H-pyrrole nitrogens is 1. The molecule has 2 aromatic carbocycles. The summed E-state index contributed by atoms with van der Waals surface area (Å²) in [4.78, 5) is 24.2. The largest absolute Gasteiger partial charge is 0.497 e. The van der Waals surface area contributed by atoms with Crippen molar-refractivity contribution in [3.63, 3.8) is 0 Å². The minimum atomic E-state index is -0.243. The molecule has 6 heteroatoms. The van der Waals surface area contributed by atoms with E-state index in [-0.39, 0.29) is 5.56 Å². The van der Waals surface area contributed by atoms with Crippen molar-refractivity contribution < 1.29 is 4.74 Å². The molecule has 2 heterocycles. The van der Waals surface area contributed by atoms with E-state index < -0.39 is 0 Å². The third-order valence-electron chi connectivity index (χ3n) is 4.05. The van der Waals surface area contributed by atoms with Gasteiger partial charge in [0.2, 0.25) is 5.95 Å². The number of hydrogen-bond donors (Lipinski definition) is 2. The van der Waals surface area contributed by atoms with Crippen LogP contribution in [0.3, 0.4) is 0 Å². The molecule has 0 saturated carbocycles. The number of anilines is 2. The van der Waals surface area contributed by atoms with E-state index in [1.165, 1.54) is 0 Å². The quantitative estimate of drug-likeness (QED) is 0.589. The van der Waals surface area contributed by atoms with Crippen LogP contribution in [0.15, 0.2) is 71.7 Å². The molecule has 2 N–H and O–H groups in total. The Labute approximate surface area is 149 Å². The number of aromatic nitrogens is 3. The topological polar surface area (TPSA) is 79.9 Å². The third kappa shape index (κ3) is 3.00. The molecule has 0 aliphatic heterocycles. The summed E-state index contributed by atoms with van der Waals surface area (Å²) in [6.07, 6.45) is 1.65. The molecular formula is C20H16N4O2. The highest BCUT2D eigenvalue weighted by Gasteiger charge is 2.11. The van der Waals surface area contributed by atoms with Crippen LogP contribution in [0.25, 0.3) is 22.2 Å². The highest BCUT2D eigenvalue weighted by atomic mass is 16.5. The normalized spacial score (nSPS) is 10.7. The Morgan fingerprint density at radius 3 is 2.50 bits per heavy atom. The summed E-state index contributed by atoms with van der Waals surface area (Å²) in [7, 11) is 1.62. The summed E-state index contributed by atoms with van der Waals surface area (Å²) in [5.41, 5.74) is 2.65. The second kappa shape index (κ2) is 6.68. The lowest BCUT2D eigenvalue weighted by Crippen LogP contribution is -2.13. The van der Waals surface area contributed by atoms with Gasteiger partial charge in [0.1, 0.15) is 5.75 Å². The third-order valence-corrected chi connectivity index (χ3v) is 4.05. The van der Waals surface area contributed by atoms with Gasteiger partial charge in [0.05, 0.1) is 12.5 Å². The van der Waals surface area contributed by atoms with Crippen LogP contribution in [0.5, 0.6) is 5.75 Å². The smallest absolute Gasteiger partial charge is 0.262 e. The standard InChI is InChI=1S/C20H16N4O2/c1-26-15-9-7-13(8-10-15)16-11-12-21-18-17(16)19(25)24-20(23-18)22-14-5-3-2-4-6-14/h2-12H,1H3,(H2,21,22,23,24,25). The molecular weight excluding hydrogens is 328 g/mol. The number of para-hydroxylation sites is 1. The number of fused-ring (bicyclic) bond motifs is 1. The summed E-state index contributed by atoms with van der Waals surface area (Å²) in [6, 6.07) is 18.9. The maximum atomic E-state index is 12.7. The Bertz CT molecular complexity index is 1110. The van der Waals surface area contributed by atoms with Crippen LogP contribution < -0.4 is 15.6 Å². The molecule has 0 atom stereocenters. The summed E-state index contributed by atoms with van der Waals surface area (Å²) in [6.45, 7) is 0. The van der Waals surface area contributed by atoms with Gasteiger partial charge in [-0.05, 0) is 41.5 Å². The van der Waals surface area contributed by atoms with Gasteiger partial charge in [-0.1, -0.05) is 30.3 Å². The molecule has 128 valence electrons. The van der Waals surface area contributed by atoms with Crippen molar-refractivity contribution in [2.24, 2.45) is 0 Å². The van der Waals surface area contributed by atoms with E-state index in [2.05, 4.69) is 20.3 Å². The zero-order valence-electron chi connectivity index (χ0n) is 14.1. The number of rotatable bonds is 4. The zero-order chi connectivity index (χ0) is 17.9. The van der Waals surface area contributed by atoms with E-state index in [1.807, 2.05) is 60.7 Å². The fourth-order valence-corrected chi connectivity index (χ4v) is 2.79. The zero-order valence-corrected chi connectivity index (χ0v) is 14.1. The number of ether oxygens (including phenoxy) is 1. The fourth-order valence-electron chi connectivity index (χ4n) is 2.79. The molecule has 0 radical (unpaired) electrons. The van der Waals surface area contributed by atoms with Gasteiger partial charge in [-0.25, -0.2) is 4.98 Å². The van der Waals surface area contributed by atoms with Crippen LogP contribution in [0.4, 0.5) is 11.6 Å². The first kappa shape index (κ1) is 15.8. The molecule has 0 saturated heterocycles. The first-order valence-electron chi connectivity index (χ1n) is 8.10. The van der Waals surface area contributed by atoms with Crippen molar-refractivity contribution in [1.29, 1.82) is 0 Å². The van der Waals surface area contributed by atoms with Crippen molar-refractivity contribution in [2.75, 3.05) is 12.4 Å². The number of nitrogens with one attached hydrogen (secondary N) is 2. The lowest BCUT2D eigenvalue weighted by Gasteiger charge is -2.09. The van der Waals surface area contributed by atoms with E-state index in [9.17, 15) is 4.79 Å². The van der Waals surface area contributed by atoms with Crippen LogP contribution in [-0.4, -0.2) is 22.1 Å². The van der Waals surface area contributed by atoms with E-state index >= 15 is 0 Å². The molecule has 0 fully saturated rings. The number of methoxy groups -OCH3 is 1. The van der Waals surface area contributed by atoms with Crippen molar-refractivity contribution in [1.82, 2.24) is 15.0 Å². The molecule has 4 rings (SSSR count). The summed E-state index contributed by atoms with van der Waals surface area (Å²) in [5, 5.41) is 3.54. The van der Waals surface area contributed by atoms with Crippen LogP contribution in [0.1, 0.15) is 0 Å². The van der Waals surface area contributed by atoms with E-state index in [1.54, 1.807) is 13.3 Å². The SMILES string of the molecule is COc1ccc(-c2ccnc3nc(Nc4ccccc4)[nH]c(=O)c23)cc1. The number of pyridine rings is 1. The Hall–Kier alpha value is -3.67. The van der Waals surface area contributed by atoms with Gasteiger partial charge < -0.3 is 10.1 Å². The van der Waals surface area contributed by atoms with Crippen molar-refractivity contribution in [2.45, 2.75) is 0 Å². The summed E-state index contributed by atoms with van der Waals surface area (Å²) >= 11 is 0. The van der Waals surface area contributed by atoms with Crippen LogP contribution in [0, 0.1) is 0 Å². The Kier molecular flexibility index (Phi) is 4.07. The van der Waals surface area contributed by atoms with E-state index in [4.69, 9.17) is 4.74 Å².